The fourth-order valence-corrected chi connectivity index (χ4v) is 17.7. The molecule has 87 heavy (non-hydrogen) atoms. The lowest BCUT2D eigenvalue weighted by molar-refractivity contribution is -0.377. The number of esters is 1. The quantitative estimate of drug-likeness (QED) is 0.0437. The monoisotopic (exact) mass is 1250 g/mol. The third-order valence-electron chi connectivity index (χ3n) is 22.9. The summed E-state index contributed by atoms with van der Waals surface area (Å²) in [6.07, 6.45) is -38.9. The Bertz CT molecular complexity index is 2420. The van der Waals surface area contributed by atoms with Gasteiger partial charge in [0.2, 0.25) is 6.29 Å². The van der Waals surface area contributed by atoms with Crippen LogP contribution in [0, 0.1) is 50.2 Å². The molecule has 9 fully saturated rings. The largest absolute Gasteiger partial charge is 0.432 e. The minimum Gasteiger partial charge on any atom is -0.432 e. The molecule has 500 valence electrons. The Kier molecular flexibility index (Phi) is 19.6. The number of carbonyl (C=O) groups is 1. The van der Waals surface area contributed by atoms with Crippen molar-refractivity contribution < 1.29 is 144 Å². The van der Waals surface area contributed by atoms with Gasteiger partial charge in [-0.3, -0.25) is 4.79 Å². The van der Waals surface area contributed by atoms with Crippen LogP contribution in [0.1, 0.15) is 92.9 Å². The van der Waals surface area contributed by atoms with Crippen LogP contribution < -0.4 is 0 Å². The smallest absolute Gasteiger partial charge is 0.317 e. The van der Waals surface area contributed by atoms with E-state index in [-0.39, 0.29) is 30.6 Å². The molecule has 5 saturated heterocycles. The number of aliphatic hydroxyl groups is 18. The molecule has 0 radical (unpaired) electrons. The first kappa shape index (κ1) is 68.0. The van der Waals surface area contributed by atoms with Gasteiger partial charge < -0.3 is 139 Å². The molecule has 10 aliphatic rings. The van der Waals surface area contributed by atoms with Crippen molar-refractivity contribution in [2.24, 2.45) is 50.2 Å². The third-order valence-corrected chi connectivity index (χ3v) is 22.9. The molecule has 0 spiro atoms. The van der Waals surface area contributed by atoms with Gasteiger partial charge >= 0.3 is 5.97 Å². The van der Waals surface area contributed by atoms with Gasteiger partial charge in [0.25, 0.3) is 0 Å². The molecule has 5 heterocycles. The van der Waals surface area contributed by atoms with E-state index in [4.69, 9.17) is 47.4 Å². The molecule has 0 aromatic rings. The highest BCUT2D eigenvalue weighted by Gasteiger charge is 2.74. The highest BCUT2D eigenvalue weighted by Crippen LogP contribution is 2.76. The maximum absolute atomic E-state index is 15.4. The number of hydrogen-bond acceptors (Lipinski definition) is 29. The van der Waals surface area contributed by atoms with Crippen LogP contribution in [-0.2, 0) is 52.2 Å². The lowest BCUT2D eigenvalue weighted by atomic mass is 9.33. The van der Waals surface area contributed by atoms with Crippen LogP contribution >= 0.6 is 0 Å². The van der Waals surface area contributed by atoms with Crippen LogP contribution in [0.25, 0.3) is 0 Å². The predicted octanol–water partition coefficient (Wildman–Crippen LogP) is -6.02. The van der Waals surface area contributed by atoms with Crippen molar-refractivity contribution in [2.45, 2.75) is 253 Å². The second-order valence-electron chi connectivity index (χ2n) is 28.2. The zero-order valence-corrected chi connectivity index (χ0v) is 49.8. The normalized spacial score (nSPS) is 54.0. The van der Waals surface area contributed by atoms with Crippen LogP contribution in [0.5, 0.6) is 0 Å². The second kappa shape index (κ2) is 25.1. The Hall–Kier alpha value is -1.87. The first-order valence-electron chi connectivity index (χ1n) is 30.5. The standard InChI is InChI=1S/C58H94O29/c1-22-43(83-47-39(73)33(67)26(64)18-78-47)38(72)41(75)48(80-22)85-45-34(68)27(65)19-79-51(45)87-52(77)58-12-11-53(2,3)13-24(58)23-7-8-30-54(4)14-25(63)46(57(20-61,21-62)31(54)9-10-55(30,5)56(23,6)15-32(58)66)86-50-42(76)44(36(70)29(17-60)82-50)84-49-40(74)37(71)35(69)28(16-59)81-49/h7,22,24-51,59-76H,8-21H2,1-6H3/t22-,24-,25-,26+,27-,28+,29+,30+,31+,32+,33-,34-,35+,36+,37-,38-,39+,40+,41+,42+,43-,44-,45+,46-,47-,48-,49-,50-,51-,54+,55+,56+,58+/m1/s1. The van der Waals surface area contributed by atoms with Gasteiger partial charge in [-0.1, -0.05) is 46.3 Å². The molecular formula is C58H94O29. The molecule has 33 atom stereocenters. The van der Waals surface area contributed by atoms with Gasteiger partial charge in [-0.15, -0.1) is 0 Å². The summed E-state index contributed by atoms with van der Waals surface area (Å²) in [7, 11) is 0. The van der Waals surface area contributed by atoms with Crippen LogP contribution in [0.2, 0.25) is 0 Å². The molecule has 5 aliphatic heterocycles. The molecule has 0 bridgehead atoms. The topological polar surface area (TPSA) is 474 Å². The number of aliphatic hydroxyl groups excluding tert-OH is 18. The highest BCUT2D eigenvalue weighted by molar-refractivity contribution is 5.80. The van der Waals surface area contributed by atoms with Crippen LogP contribution in [-0.4, -0.2) is 297 Å². The van der Waals surface area contributed by atoms with Crippen molar-refractivity contribution in [1.29, 1.82) is 0 Å². The molecular weight excluding hydrogens is 1160 g/mol. The Balaban J connectivity index is 0.890. The number of hydrogen-bond donors (Lipinski definition) is 18. The average molecular weight is 1260 g/mol. The van der Waals surface area contributed by atoms with Gasteiger partial charge in [0.15, 0.2) is 31.3 Å². The summed E-state index contributed by atoms with van der Waals surface area (Å²) in [4.78, 5) is 15.4. The highest BCUT2D eigenvalue weighted by atomic mass is 16.8. The number of carbonyl (C=O) groups excluding carboxylic acids is 1. The molecule has 0 aromatic heterocycles. The molecule has 0 amide bonds. The SMILES string of the molecule is C[C@H]1O[C@H](O[C@@H]2[C@@H](OC(=O)[C@@]34CCC(C)(C)C[C@@H]3C3=CC[C@H]5[C@]6(C)C[C@@H](O)[C@@H](O[C@H]7O[C@@H](CO)[C@H](O)[C@@H](O[C@H]8O[C@@H](CO)[C@H](O)[C@@H](O)[C@@H]8O)[C@@H]7O)C(CO)(CO)[C@H]6CC[C@]5(C)[C@@]3(C)C[C@@H]4O)OC[C@@H](O)[C@H]2O)[C@@H](O)[C@@H](O)[C@@H]1O[C@H]1OC[C@H](O)[C@@H](O)[C@@H]1O. The summed E-state index contributed by atoms with van der Waals surface area (Å²) in [5.74, 6) is -2.42. The van der Waals surface area contributed by atoms with E-state index in [0.29, 0.717) is 32.1 Å². The fraction of sp³-hybridized carbons (Fsp3) is 0.948. The van der Waals surface area contributed by atoms with E-state index >= 15 is 4.79 Å². The molecule has 5 aliphatic carbocycles. The molecule has 0 unspecified atom stereocenters. The first-order valence-corrected chi connectivity index (χ1v) is 30.5. The van der Waals surface area contributed by atoms with Crippen LogP contribution in [0.15, 0.2) is 11.6 Å². The molecule has 0 aromatic carbocycles. The number of rotatable bonds is 14. The van der Waals surface area contributed by atoms with E-state index in [1.807, 2.05) is 6.92 Å². The third kappa shape index (κ3) is 11.1. The minimum atomic E-state index is -1.98. The zero-order chi connectivity index (χ0) is 63.6. The molecule has 4 saturated carbocycles. The molecule has 10 rings (SSSR count). The summed E-state index contributed by atoms with van der Waals surface area (Å²) < 4.78 is 58.7. The van der Waals surface area contributed by atoms with Crippen molar-refractivity contribution in [2.75, 3.05) is 39.6 Å². The lowest BCUT2D eigenvalue weighted by Gasteiger charge is -2.72. The van der Waals surface area contributed by atoms with Crippen molar-refractivity contribution in [3.63, 3.8) is 0 Å². The van der Waals surface area contributed by atoms with E-state index in [2.05, 4.69) is 33.8 Å². The predicted molar refractivity (Wildman–Crippen MR) is 288 cm³/mol. The number of allylic oxidation sites excluding steroid dienone is 2. The van der Waals surface area contributed by atoms with Crippen molar-refractivity contribution >= 4 is 5.97 Å². The Morgan fingerprint density at radius 1 is 0.540 bits per heavy atom. The average Bonchev–Trinajstić information content (AvgIpc) is 0.675. The van der Waals surface area contributed by atoms with E-state index in [1.54, 1.807) is 0 Å². The maximum Gasteiger partial charge on any atom is 0.317 e. The number of fused-ring (bicyclic) bond motifs is 7. The zero-order valence-electron chi connectivity index (χ0n) is 49.8. The summed E-state index contributed by atoms with van der Waals surface area (Å²) >= 11 is 0. The van der Waals surface area contributed by atoms with E-state index in [0.717, 1.165) is 5.57 Å². The lowest BCUT2D eigenvalue weighted by Crippen LogP contribution is -2.72. The Morgan fingerprint density at radius 2 is 1.10 bits per heavy atom. The van der Waals surface area contributed by atoms with Gasteiger partial charge in [0.1, 0.15) is 103 Å². The maximum atomic E-state index is 15.4. The first-order chi connectivity index (χ1) is 40.8. The van der Waals surface area contributed by atoms with E-state index in [1.165, 1.54) is 6.92 Å². The molecule has 29 nitrogen and oxygen atoms in total. The van der Waals surface area contributed by atoms with Gasteiger partial charge in [0.05, 0.1) is 64.1 Å². The van der Waals surface area contributed by atoms with Crippen molar-refractivity contribution in [3.8, 4) is 0 Å². The summed E-state index contributed by atoms with van der Waals surface area (Å²) in [6.45, 7) is 7.74. The molecule has 18 N–H and O–H groups in total. The van der Waals surface area contributed by atoms with Gasteiger partial charge in [-0.25, -0.2) is 0 Å². The van der Waals surface area contributed by atoms with Gasteiger partial charge in [0, 0.05) is 5.41 Å². The minimum absolute atomic E-state index is 0.0230. The summed E-state index contributed by atoms with van der Waals surface area (Å²) in [5.41, 5.74) is -5.13. The van der Waals surface area contributed by atoms with E-state index < -0.39 is 244 Å². The van der Waals surface area contributed by atoms with Gasteiger partial charge in [-0.05, 0) is 97.7 Å². The summed E-state index contributed by atoms with van der Waals surface area (Å²) in [5, 5.41) is 199. The number of ether oxygens (including phenoxy) is 10. The summed E-state index contributed by atoms with van der Waals surface area (Å²) in [6, 6.07) is 0. The van der Waals surface area contributed by atoms with Gasteiger partial charge in [-0.2, -0.15) is 0 Å². The van der Waals surface area contributed by atoms with Crippen molar-refractivity contribution in [3.05, 3.63) is 11.6 Å². The Labute approximate surface area is 502 Å². The van der Waals surface area contributed by atoms with E-state index in [9.17, 15) is 91.9 Å². The van der Waals surface area contributed by atoms with Crippen LogP contribution in [0.3, 0.4) is 0 Å². The van der Waals surface area contributed by atoms with Crippen LogP contribution in [0.4, 0.5) is 0 Å². The molecule has 29 heteroatoms. The Morgan fingerprint density at radius 3 is 1.75 bits per heavy atom. The van der Waals surface area contributed by atoms with Crippen molar-refractivity contribution in [1.82, 2.24) is 0 Å². The second-order valence-corrected chi connectivity index (χ2v) is 28.2. The fourth-order valence-electron chi connectivity index (χ4n) is 17.7.